The molecule has 0 unspecified atom stereocenters. The summed E-state index contributed by atoms with van der Waals surface area (Å²) in [6, 6.07) is 6.01. The van der Waals surface area contributed by atoms with Crippen molar-refractivity contribution < 1.29 is 24.2 Å². The molecule has 2 N–H and O–H groups in total. The summed E-state index contributed by atoms with van der Waals surface area (Å²) in [6.45, 7) is 4.24. The normalized spacial score (nSPS) is 15.3. The van der Waals surface area contributed by atoms with Crippen molar-refractivity contribution in [2.24, 2.45) is 5.92 Å². The minimum atomic E-state index is -1.05. The Labute approximate surface area is 147 Å². The molecule has 136 valence electrons. The van der Waals surface area contributed by atoms with Gasteiger partial charge in [0.25, 0.3) is 5.91 Å². The van der Waals surface area contributed by atoms with Crippen molar-refractivity contribution in [3.63, 3.8) is 0 Å². The summed E-state index contributed by atoms with van der Waals surface area (Å²) in [5.74, 6) is -0.782. The molecular weight excluding hydrogens is 324 g/mol. The number of amides is 2. The van der Waals surface area contributed by atoms with Crippen LogP contribution in [-0.2, 0) is 14.4 Å². The molecule has 1 aliphatic rings. The topological polar surface area (TPSA) is 95.9 Å². The number of ether oxygens (including phenoxy) is 1. The molecule has 1 atom stereocenters. The smallest absolute Gasteiger partial charge is 0.326 e. The fourth-order valence-electron chi connectivity index (χ4n) is 2.72. The number of hydrogen-bond acceptors (Lipinski definition) is 4. The number of nitrogens with one attached hydrogen (secondary N) is 1. The van der Waals surface area contributed by atoms with Crippen LogP contribution in [0.3, 0.4) is 0 Å². The van der Waals surface area contributed by atoms with Gasteiger partial charge >= 0.3 is 5.97 Å². The number of anilines is 1. The van der Waals surface area contributed by atoms with Gasteiger partial charge in [0.1, 0.15) is 11.8 Å². The molecule has 1 saturated heterocycles. The highest BCUT2D eigenvalue weighted by Crippen LogP contribution is 2.23. The minimum Gasteiger partial charge on any atom is -0.484 e. The molecule has 0 spiro atoms. The van der Waals surface area contributed by atoms with Crippen LogP contribution in [0.1, 0.15) is 33.1 Å². The van der Waals surface area contributed by atoms with E-state index in [2.05, 4.69) is 5.32 Å². The maximum absolute atomic E-state index is 11.9. The zero-order valence-electron chi connectivity index (χ0n) is 14.5. The molecule has 0 radical (unpaired) electrons. The van der Waals surface area contributed by atoms with Gasteiger partial charge in [-0.2, -0.15) is 0 Å². The van der Waals surface area contributed by atoms with Crippen LogP contribution in [0, 0.1) is 5.92 Å². The second-order valence-corrected chi connectivity index (χ2v) is 6.52. The number of carbonyl (C=O) groups is 3. The number of carboxylic acid groups (broad SMARTS) is 1. The molecule has 1 heterocycles. The van der Waals surface area contributed by atoms with Crippen LogP contribution in [0.15, 0.2) is 24.3 Å². The number of benzene rings is 1. The van der Waals surface area contributed by atoms with Crippen LogP contribution in [0.25, 0.3) is 0 Å². The second kappa shape index (κ2) is 8.50. The minimum absolute atomic E-state index is 0.109. The van der Waals surface area contributed by atoms with E-state index in [0.717, 1.165) is 12.1 Å². The average molecular weight is 348 g/mol. The largest absolute Gasteiger partial charge is 0.484 e. The molecule has 1 aromatic carbocycles. The van der Waals surface area contributed by atoms with E-state index in [1.807, 2.05) is 13.8 Å². The molecule has 2 rings (SSSR count). The van der Waals surface area contributed by atoms with Crippen LogP contribution < -0.4 is 15.0 Å². The summed E-state index contributed by atoms with van der Waals surface area (Å²) in [7, 11) is 0. The molecule has 25 heavy (non-hydrogen) atoms. The first-order valence-corrected chi connectivity index (χ1v) is 8.42. The molecule has 0 bridgehead atoms. The lowest BCUT2D eigenvalue weighted by Crippen LogP contribution is -2.43. The van der Waals surface area contributed by atoms with Gasteiger partial charge in [-0.3, -0.25) is 9.59 Å². The van der Waals surface area contributed by atoms with E-state index in [-0.39, 0.29) is 18.4 Å². The van der Waals surface area contributed by atoms with Gasteiger partial charge in [-0.1, -0.05) is 13.8 Å². The van der Waals surface area contributed by atoms with Gasteiger partial charge in [-0.05, 0) is 43.0 Å². The number of aliphatic carboxylic acids is 1. The van der Waals surface area contributed by atoms with E-state index in [1.54, 1.807) is 29.2 Å². The predicted molar refractivity (Wildman–Crippen MR) is 92.5 cm³/mol. The number of nitrogens with zero attached hydrogens (tertiary/aromatic N) is 1. The first-order chi connectivity index (χ1) is 11.9. The lowest BCUT2D eigenvalue weighted by Gasteiger charge is -2.17. The quantitative estimate of drug-likeness (QED) is 0.747. The van der Waals surface area contributed by atoms with Crippen molar-refractivity contribution in [2.75, 3.05) is 18.1 Å². The van der Waals surface area contributed by atoms with Crippen LogP contribution in [0.4, 0.5) is 5.69 Å². The molecular formula is C18H24N2O5. The summed E-state index contributed by atoms with van der Waals surface area (Å²) in [5, 5.41) is 11.6. The van der Waals surface area contributed by atoms with E-state index in [1.165, 1.54) is 0 Å². The van der Waals surface area contributed by atoms with Gasteiger partial charge in [0, 0.05) is 18.7 Å². The Morgan fingerprint density at radius 1 is 1.28 bits per heavy atom. The Bertz CT molecular complexity index is 627. The summed E-state index contributed by atoms with van der Waals surface area (Å²) < 4.78 is 5.39. The first-order valence-electron chi connectivity index (χ1n) is 8.42. The number of carbonyl (C=O) groups excluding carboxylic acids is 2. The van der Waals surface area contributed by atoms with Crippen LogP contribution >= 0.6 is 0 Å². The summed E-state index contributed by atoms with van der Waals surface area (Å²) in [6.07, 6.45) is 1.79. The lowest BCUT2D eigenvalue weighted by molar-refractivity contribution is -0.142. The SMILES string of the molecule is CC(C)C[C@@H](NC(=O)COc1ccc(N2CCCC2=O)cc1)C(=O)O. The van der Waals surface area contributed by atoms with E-state index in [9.17, 15) is 14.4 Å². The third kappa shape index (κ3) is 5.48. The number of hydrogen-bond donors (Lipinski definition) is 2. The zero-order chi connectivity index (χ0) is 18.4. The van der Waals surface area contributed by atoms with Crippen LogP contribution in [0.5, 0.6) is 5.75 Å². The van der Waals surface area contributed by atoms with E-state index in [4.69, 9.17) is 9.84 Å². The van der Waals surface area contributed by atoms with Gasteiger partial charge in [-0.25, -0.2) is 4.79 Å². The third-order valence-electron chi connectivity index (χ3n) is 3.93. The highest BCUT2D eigenvalue weighted by molar-refractivity contribution is 5.95. The molecule has 1 aromatic rings. The Hall–Kier alpha value is -2.57. The number of carboxylic acids is 1. The molecule has 2 amide bonds. The van der Waals surface area contributed by atoms with Gasteiger partial charge < -0.3 is 20.1 Å². The Morgan fingerprint density at radius 3 is 2.48 bits per heavy atom. The molecule has 1 aliphatic heterocycles. The van der Waals surface area contributed by atoms with Crippen molar-refractivity contribution in [1.82, 2.24) is 5.32 Å². The number of rotatable bonds is 8. The zero-order valence-corrected chi connectivity index (χ0v) is 14.5. The van der Waals surface area contributed by atoms with E-state index in [0.29, 0.717) is 25.1 Å². The second-order valence-electron chi connectivity index (χ2n) is 6.52. The third-order valence-corrected chi connectivity index (χ3v) is 3.93. The molecule has 7 heteroatoms. The standard InChI is InChI=1S/C18H24N2O5/c1-12(2)10-15(18(23)24)19-16(21)11-25-14-7-5-13(6-8-14)20-9-3-4-17(20)22/h5-8,12,15H,3-4,9-11H2,1-2H3,(H,19,21)(H,23,24)/t15-/m1/s1. The molecule has 1 fully saturated rings. The molecule has 0 aliphatic carbocycles. The lowest BCUT2D eigenvalue weighted by atomic mass is 10.0. The Morgan fingerprint density at radius 2 is 1.96 bits per heavy atom. The van der Waals surface area contributed by atoms with Gasteiger partial charge in [0.2, 0.25) is 5.91 Å². The monoisotopic (exact) mass is 348 g/mol. The van der Waals surface area contributed by atoms with Gasteiger partial charge in [0.05, 0.1) is 0 Å². The van der Waals surface area contributed by atoms with E-state index >= 15 is 0 Å². The van der Waals surface area contributed by atoms with Crippen molar-refractivity contribution in [3.05, 3.63) is 24.3 Å². The highest BCUT2D eigenvalue weighted by atomic mass is 16.5. The first kappa shape index (κ1) is 18.8. The van der Waals surface area contributed by atoms with E-state index < -0.39 is 17.9 Å². The average Bonchev–Trinajstić information content (AvgIpc) is 2.98. The van der Waals surface area contributed by atoms with Gasteiger partial charge in [-0.15, -0.1) is 0 Å². The molecule has 0 aromatic heterocycles. The van der Waals surface area contributed by atoms with Crippen molar-refractivity contribution in [2.45, 2.75) is 39.2 Å². The van der Waals surface area contributed by atoms with Crippen molar-refractivity contribution in [1.29, 1.82) is 0 Å². The van der Waals surface area contributed by atoms with Crippen molar-refractivity contribution in [3.8, 4) is 5.75 Å². The summed E-state index contributed by atoms with van der Waals surface area (Å²) >= 11 is 0. The molecule has 0 saturated carbocycles. The fraction of sp³-hybridized carbons (Fsp3) is 0.500. The van der Waals surface area contributed by atoms with Gasteiger partial charge in [0.15, 0.2) is 6.61 Å². The predicted octanol–water partition coefficient (Wildman–Crippen LogP) is 1.81. The van der Waals surface area contributed by atoms with Crippen molar-refractivity contribution >= 4 is 23.5 Å². The highest BCUT2D eigenvalue weighted by Gasteiger charge is 2.22. The maximum Gasteiger partial charge on any atom is 0.326 e. The Kier molecular flexibility index (Phi) is 6.38. The summed E-state index contributed by atoms with van der Waals surface area (Å²) in [4.78, 5) is 36.5. The van der Waals surface area contributed by atoms with Crippen LogP contribution in [0.2, 0.25) is 0 Å². The Balaban J connectivity index is 1.85. The molecule has 7 nitrogen and oxygen atoms in total. The fourth-order valence-corrected chi connectivity index (χ4v) is 2.72. The maximum atomic E-state index is 11.9. The summed E-state index contributed by atoms with van der Waals surface area (Å²) in [5.41, 5.74) is 0.808. The van der Waals surface area contributed by atoms with Crippen LogP contribution in [-0.4, -0.2) is 42.1 Å².